The quantitative estimate of drug-likeness (QED) is 0.206. The second kappa shape index (κ2) is 21.2. The Morgan fingerprint density at radius 2 is 1.23 bits per heavy atom. The zero-order valence-corrected chi connectivity index (χ0v) is 38.2. The molecule has 3 aromatic rings. The zero-order chi connectivity index (χ0) is 47.9. The van der Waals surface area contributed by atoms with E-state index in [0.29, 0.717) is 54.9 Å². The van der Waals surface area contributed by atoms with Gasteiger partial charge in [0.25, 0.3) is 17.7 Å². The molecule has 5 aliphatic heterocycles. The lowest BCUT2D eigenvalue weighted by Crippen LogP contribution is -2.54. The Morgan fingerprint density at radius 1 is 0.646 bits per heavy atom. The van der Waals surface area contributed by atoms with Crippen molar-refractivity contribution in [2.75, 3.05) is 0 Å². The van der Waals surface area contributed by atoms with Crippen molar-refractivity contribution in [3.63, 3.8) is 0 Å². The lowest BCUT2D eigenvalue weighted by molar-refractivity contribution is -0.141. The molecule has 0 aliphatic carbocycles. The summed E-state index contributed by atoms with van der Waals surface area (Å²) in [4.78, 5) is 122. The third kappa shape index (κ3) is 10.8. The largest absolute Gasteiger partial charge is 0.329 e. The molecule has 65 heavy (non-hydrogen) atoms. The number of imide groups is 4. The van der Waals surface area contributed by atoms with Crippen LogP contribution in [0.25, 0.3) is 0 Å². The number of hydrogen-bond acceptors (Lipinski definition) is 10. The summed E-state index contributed by atoms with van der Waals surface area (Å²) in [6, 6.07) is 15.1. The van der Waals surface area contributed by atoms with Gasteiger partial charge in [-0.2, -0.15) is 0 Å². The van der Waals surface area contributed by atoms with Crippen molar-refractivity contribution in [2.24, 2.45) is 0 Å². The van der Waals surface area contributed by atoms with Crippen LogP contribution in [0.4, 0.5) is 0 Å². The molecule has 3 N–H and O–H groups in total. The van der Waals surface area contributed by atoms with Crippen LogP contribution in [-0.2, 0) is 46.7 Å². The summed E-state index contributed by atoms with van der Waals surface area (Å²) in [5, 5.41) is 6.77. The van der Waals surface area contributed by atoms with Gasteiger partial charge in [0.05, 0.1) is 11.1 Å². The number of carbonyl (C=O) groups excluding carboxylic acids is 10. The predicted molar refractivity (Wildman–Crippen MR) is 239 cm³/mol. The Morgan fingerprint density at radius 3 is 1.77 bits per heavy atom. The number of nitrogens with one attached hydrogen (secondary N) is 3. The highest BCUT2D eigenvalue weighted by atomic mass is 16.2. The molecule has 16 nitrogen and oxygen atoms in total. The van der Waals surface area contributed by atoms with E-state index in [1.165, 1.54) is 10.5 Å². The normalized spacial score (nSPS) is 20.1. The van der Waals surface area contributed by atoms with Crippen molar-refractivity contribution in [3.8, 4) is 0 Å². The summed E-state index contributed by atoms with van der Waals surface area (Å²) < 4.78 is 0. The van der Waals surface area contributed by atoms with Crippen LogP contribution in [0.1, 0.15) is 156 Å². The molecule has 3 unspecified atom stereocenters. The van der Waals surface area contributed by atoms with Crippen LogP contribution >= 0.6 is 0 Å². The van der Waals surface area contributed by atoms with Gasteiger partial charge in [-0.05, 0) is 84.4 Å². The molecule has 3 fully saturated rings. The van der Waals surface area contributed by atoms with Gasteiger partial charge >= 0.3 is 0 Å². The fourth-order valence-electron chi connectivity index (χ4n) is 8.49. The highest BCUT2D eigenvalue weighted by Gasteiger charge is 2.46. The summed E-state index contributed by atoms with van der Waals surface area (Å²) in [7, 11) is 0. The molecule has 3 atom stereocenters. The van der Waals surface area contributed by atoms with Gasteiger partial charge in [0, 0.05) is 37.9 Å². The number of aryl methyl sites for hydroxylation is 2. The fourth-order valence-corrected chi connectivity index (χ4v) is 8.49. The molecule has 5 heterocycles. The van der Waals surface area contributed by atoms with Gasteiger partial charge in [0.2, 0.25) is 41.9 Å². The van der Waals surface area contributed by atoms with Gasteiger partial charge in [-0.25, -0.2) is 0 Å². The Balaban J connectivity index is 0.000000180. The van der Waals surface area contributed by atoms with E-state index in [0.717, 1.165) is 32.7 Å². The van der Waals surface area contributed by atoms with Crippen molar-refractivity contribution in [1.82, 2.24) is 30.7 Å². The second-order valence-electron chi connectivity index (χ2n) is 17.0. The average Bonchev–Trinajstić information content (AvgIpc) is 3.74. The standard InChI is InChI=1S/C17H22N2O3.C16H16N2O4.C14H14N2O3.C2H6/c1-11(2)13-4-5-14(12(3)8-13)9-19(10-20)15-6-7-16(21)18-17(15)22;1-8(2)9-4-3-5-10-13(9)16(22)18(15(10)21)11-6-7-12(19)17-14(11)20;1-8-3-2-4-9-7-16(14(19)12(8)9)10-5-6-11(17)15-13(10)18;1-2/h4-5,8,10-11,15H,6-7,9H2,1-3H3,(H,18,21,22);3-5,8,11H,6-7H2,1-2H3,(H,17,19,20);2-4,10H,5-7H2,1H3,(H,15,17,18);1-2H3. The molecule has 8 rings (SSSR count). The Kier molecular flexibility index (Phi) is 16.1. The van der Waals surface area contributed by atoms with E-state index < -0.39 is 35.8 Å². The van der Waals surface area contributed by atoms with E-state index in [2.05, 4.69) is 41.9 Å². The van der Waals surface area contributed by atoms with Crippen LogP contribution in [0, 0.1) is 13.8 Å². The van der Waals surface area contributed by atoms with Crippen LogP contribution in [-0.4, -0.2) is 92.4 Å². The molecule has 344 valence electrons. The van der Waals surface area contributed by atoms with Crippen LogP contribution in [0.2, 0.25) is 0 Å². The molecule has 16 heteroatoms. The number of carbonyl (C=O) groups is 10. The Hall–Kier alpha value is -6.84. The van der Waals surface area contributed by atoms with Crippen molar-refractivity contribution >= 4 is 59.6 Å². The maximum atomic E-state index is 12.7. The van der Waals surface area contributed by atoms with Gasteiger partial charge < -0.3 is 9.80 Å². The molecule has 3 saturated heterocycles. The molecule has 0 spiro atoms. The monoisotopic (exact) mass is 890 g/mol. The highest BCUT2D eigenvalue weighted by Crippen LogP contribution is 2.33. The summed E-state index contributed by atoms with van der Waals surface area (Å²) in [5.41, 5.74) is 7.46. The maximum Gasteiger partial charge on any atom is 0.262 e. The van der Waals surface area contributed by atoms with Gasteiger partial charge in [0.1, 0.15) is 18.1 Å². The number of rotatable bonds is 8. The minimum absolute atomic E-state index is 0.0911. The van der Waals surface area contributed by atoms with Gasteiger partial charge in [-0.3, -0.25) is 68.8 Å². The van der Waals surface area contributed by atoms with Crippen LogP contribution in [0.5, 0.6) is 0 Å². The predicted octanol–water partition coefficient (Wildman–Crippen LogP) is 4.88. The van der Waals surface area contributed by atoms with E-state index in [9.17, 15) is 47.9 Å². The summed E-state index contributed by atoms with van der Waals surface area (Å²) in [6.45, 7) is 16.9. The van der Waals surface area contributed by atoms with Crippen LogP contribution in [0.3, 0.4) is 0 Å². The minimum Gasteiger partial charge on any atom is -0.329 e. The van der Waals surface area contributed by atoms with Crippen molar-refractivity contribution < 1.29 is 47.9 Å². The molecule has 0 radical (unpaired) electrons. The number of hydrogen-bond donors (Lipinski definition) is 3. The summed E-state index contributed by atoms with van der Waals surface area (Å²) in [6.07, 6.45) is 2.33. The first-order valence-corrected chi connectivity index (χ1v) is 22.1. The first-order chi connectivity index (χ1) is 30.9. The second-order valence-corrected chi connectivity index (χ2v) is 17.0. The number of nitrogens with zero attached hydrogens (tertiary/aromatic N) is 3. The fraction of sp³-hybridized carbons (Fsp3) is 0.429. The lowest BCUT2D eigenvalue weighted by Gasteiger charge is -2.30. The molecular weight excluding hydrogens is 833 g/mol. The van der Waals surface area contributed by atoms with Gasteiger partial charge in [-0.1, -0.05) is 90.1 Å². The molecular formula is C49H58N6O10. The summed E-state index contributed by atoms with van der Waals surface area (Å²) >= 11 is 0. The number of benzene rings is 3. The molecule has 0 aromatic heterocycles. The maximum absolute atomic E-state index is 12.7. The van der Waals surface area contributed by atoms with Crippen molar-refractivity contribution in [1.29, 1.82) is 0 Å². The number of fused-ring (bicyclic) bond motifs is 2. The van der Waals surface area contributed by atoms with Gasteiger partial charge in [0.15, 0.2) is 0 Å². The van der Waals surface area contributed by atoms with E-state index in [-0.39, 0.29) is 67.0 Å². The molecule has 10 amide bonds. The lowest BCUT2D eigenvalue weighted by atomic mass is 9.94. The topological polar surface area (TPSA) is 217 Å². The Bertz CT molecular complexity index is 2420. The SMILES string of the molecule is CC.CC(C)c1cccc2c1C(=O)N(C1CCC(=O)NC1=O)C2=O.Cc1cc(C(C)C)ccc1CN(C=O)C1CCC(=O)NC1=O.Cc1cccc2c1C(=O)N(C1CCC(=O)NC1=O)C2. The van der Waals surface area contributed by atoms with Crippen molar-refractivity contribution in [2.45, 2.75) is 137 Å². The third-order valence-electron chi connectivity index (χ3n) is 12.0. The average molecular weight is 891 g/mol. The highest BCUT2D eigenvalue weighted by molar-refractivity contribution is 6.24. The van der Waals surface area contributed by atoms with Gasteiger partial charge in [-0.15, -0.1) is 0 Å². The van der Waals surface area contributed by atoms with Crippen LogP contribution < -0.4 is 16.0 Å². The molecule has 5 aliphatic rings. The number of amides is 10. The van der Waals surface area contributed by atoms with Crippen LogP contribution in [0.15, 0.2) is 54.6 Å². The van der Waals surface area contributed by atoms with E-state index in [1.54, 1.807) is 17.0 Å². The van der Waals surface area contributed by atoms with E-state index in [1.807, 2.05) is 71.9 Å². The smallest absolute Gasteiger partial charge is 0.262 e. The Labute approximate surface area is 378 Å². The van der Waals surface area contributed by atoms with E-state index in [4.69, 9.17) is 0 Å². The summed E-state index contributed by atoms with van der Waals surface area (Å²) in [5.74, 6) is -2.73. The van der Waals surface area contributed by atoms with Crippen molar-refractivity contribution in [3.05, 3.63) is 105 Å². The molecule has 0 saturated carbocycles. The minimum atomic E-state index is -0.912. The molecule has 3 aromatic carbocycles. The molecule has 0 bridgehead atoms. The van der Waals surface area contributed by atoms with E-state index >= 15 is 0 Å². The first-order valence-electron chi connectivity index (χ1n) is 22.1. The first kappa shape index (κ1) is 49.2. The number of piperidine rings is 3. The zero-order valence-electron chi connectivity index (χ0n) is 38.2. The third-order valence-corrected chi connectivity index (χ3v) is 12.0.